The Balaban J connectivity index is 2.05. The SMILES string of the molecule is CSc1cccc(OCC2CCCCC2CN)c1C#N. The van der Waals surface area contributed by atoms with Crippen LogP contribution in [-0.4, -0.2) is 19.4 Å². The first kappa shape index (κ1) is 15.2. The second kappa shape index (κ2) is 7.56. The highest BCUT2D eigenvalue weighted by Crippen LogP contribution is 2.32. The van der Waals surface area contributed by atoms with Crippen molar-refractivity contribution in [3.63, 3.8) is 0 Å². The molecule has 0 heterocycles. The number of benzene rings is 1. The van der Waals surface area contributed by atoms with E-state index in [2.05, 4.69) is 6.07 Å². The van der Waals surface area contributed by atoms with Crippen molar-refractivity contribution in [2.24, 2.45) is 17.6 Å². The first-order chi connectivity index (χ1) is 9.80. The summed E-state index contributed by atoms with van der Waals surface area (Å²) in [5.41, 5.74) is 6.51. The van der Waals surface area contributed by atoms with Crippen LogP contribution in [0.5, 0.6) is 5.75 Å². The zero-order chi connectivity index (χ0) is 14.4. The number of nitrogens with zero attached hydrogens (tertiary/aromatic N) is 1. The Morgan fingerprint density at radius 2 is 2.10 bits per heavy atom. The molecule has 4 heteroatoms. The topological polar surface area (TPSA) is 59.0 Å². The van der Waals surface area contributed by atoms with Gasteiger partial charge in [0.05, 0.1) is 6.61 Å². The molecule has 2 N–H and O–H groups in total. The van der Waals surface area contributed by atoms with Gasteiger partial charge in [0.2, 0.25) is 0 Å². The van der Waals surface area contributed by atoms with Crippen molar-refractivity contribution in [2.45, 2.75) is 30.6 Å². The lowest BCUT2D eigenvalue weighted by Gasteiger charge is -2.30. The summed E-state index contributed by atoms with van der Waals surface area (Å²) in [6.45, 7) is 1.42. The van der Waals surface area contributed by atoms with E-state index in [9.17, 15) is 5.26 Å². The molecule has 1 aliphatic carbocycles. The summed E-state index contributed by atoms with van der Waals surface area (Å²) in [4.78, 5) is 0.976. The molecule has 108 valence electrons. The average Bonchev–Trinajstić information content (AvgIpc) is 2.52. The van der Waals surface area contributed by atoms with Gasteiger partial charge in [-0.25, -0.2) is 0 Å². The minimum atomic E-state index is 0.526. The first-order valence-corrected chi connectivity index (χ1v) is 8.42. The van der Waals surface area contributed by atoms with Gasteiger partial charge in [-0.2, -0.15) is 5.26 Å². The van der Waals surface area contributed by atoms with Gasteiger partial charge in [0.25, 0.3) is 0 Å². The molecule has 2 unspecified atom stereocenters. The molecule has 0 aromatic heterocycles. The molecule has 2 atom stereocenters. The van der Waals surface area contributed by atoms with Gasteiger partial charge >= 0.3 is 0 Å². The van der Waals surface area contributed by atoms with Crippen molar-refractivity contribution in [2.75, 3.05) is 19.4 Å². The van der Waals surface area contributed by atoms with Gasteiger partial charge in [-0.15, -0.1) is 11.8 Å². The maximum Gasteiger partial charge on any atom is 0.138 e. The van der Waals surface area contributed by atoms with Gasteiger partial charge in [0, 0.05) is 4.90 Å². The highest BCUT2D eigenvalue weighted by Gasteiger charge is 2.24. The van der Waals surface area contributed by atoms with Crippen LogP contribution in [0.15, 0.2) is 23.1 Å². The van der Waals surface area contributed by atoms with E-state index in [-0.39, 0.29) is 0 Å². The summed E-state index contributed by atoms with van der Waals surface area (Å²) in [5.74, 6) is 1.80. The molecule has 0 amide bonds. The van der Waals surface area contributed by atoms with Crippen molar-refractivity contribution >= 4 is 11.8 Å². The lowest BCUT2D eigenvalue weighted by atomic mass is 9.80. The highest BCUT2D eigenvalue weighted by molar-refractivity contribution is 7.98. The predicted molar refractivity (Wildman–Crippen MR) is 82.9 cm³/mol. The molecule has 1 aliphatic rings. The fourth-order valence-electron chi connectivity index (χ4n) is 2.92. The van der Waals surface area contributed by atoms with Crippen molar-refractivity contribution in [3.8, 4) is 11.8 Å². The third-order valence-corrected chi connectivity index (χ3v) is 4.92. The van der Waals surface area contributed by atoms with Gasteiger partial charge in [-0.3, -0.25) is 0 Å². The number of ether oxygens (including phenoxy) is 1. The fourth-order valence-corrected chi connectivity index (χ4v) is 3.49. The van der Waals surface area contributed by atoms with E-state index >= 15 is 0 Å². The third-order valence-electron chi connectivity index (χ3n) is 4.14. The summed E-state index contributed by atoms with van der Waals surface area (Å²) < 4.78 is 5.95. The van der Waals surface area contributed by atoms with Crippen molar-refractivity contribution in [1.29, 1.82) is 5.26 Å². The van der Waals surface area contributed by atoms with Gasteiger partial charge in [-0.05, 0) is 49.6 Å². The largest absolute Gasteiger partial charge is 0.492 e. The minimum absolute atomic E-state index is 0.526. The van der Waals surface area contributed by atoms with Crippen molar-refractivity contribution in [3.05, 3.63) is 23.8 Å². The summed E-state index contributed by atoms with van der Waals surface area (Å²) in [7, 11) is 0. The Morgan fingerprint density at radius 1 is 1.35 bits per heavy atom. The van der Waals surface area contributed by atoms with Crippen LogP contribution in [-0.2, 0) is 0 Å². The van der Waals surface area contributed by atoms with E-state index in [0.29, 0.717) is 29.8 Å². The van der Waals surface area contributed by atoms with E-state index < -0.39 is 0 Å². The van der Waals surface area contributed by atoms with E-state index in [1.165, 1.54) is 25.7 Å². The van der Waals surface area contributed by atoms with Crippen LogP contribution in [0.1, 0.15) is 31.2 Å². The second-order valence-corrected chi connectivity index (χ2v) is 6.14. The molecule has 2 rings (SSSR count). The average molecular weight is 290 g/mol. The molecular weight excluding hydrogens is 268 g/mol. The molecule has 20 heavy (non-hydrogen) atoms. The van der Waals surface area contributed by atoms with Crippen molar-refractivity contribution in [1.82, 2.24) is 0 Å². The van der Waals surface area contributed by atoms with Crippen LogP contribution in [0.25, 0.3) is 0 Å². The van der Waals surface area contributed by atoms with Crippen LogP contribution >= 0.6 is 11.8 Å². The van der Waals surface area contributed by atoms with Gasteiger partial charge in [0.15, 0.2) is 0 Å². The molecule has 0 saturated heterocycles. The molecule has 0 bridgehead atoms. The van der Waals surface area contributed by atoms with E-state index in [4.69, 9.17) is 10.5 Å². The van der Waals surface area contributed by atoms with E-state index in [0.717, 1.165) is 11.4 Å². The number of hydrogen-bond donors (Lipinski definition) is 1. The number of hydrogen-bond acceptors (Lipinski definition) is 4. The molecular formula is C16H22N2OS. The first-order valence-electron chi connectivity index (χ1n) is 7.20. The highest BCUT2D eigenvalue weighted by atomic mass is 32.2. The molecule has 1 aromatic carbocycles. The Kier molecular flexibility index (Phi) is 5.75. The van der Waals surface area contributed by atoms with Gasteiger partial charge < -0.3 is 10.5 Å². The summed E-state index contributed by atoms with van der Waals surface area (Å²) in [5, 5.41) is 9.30. The third kappa shape index (κ3) is 3.47. The normalized spacial score (nSPS) is 22.2. The summed E-state index contributed by atoms with van der Waals surface area (Å²) in [6.07, 6.45) is 6.92. The molecule has 1 fully saturated rings. The zero-order valence-corrected chi connectivity index (χ0v) is 12.8. The number of thioether (sulfide) groups is 1. The van der Waals surface area contributed by atoms with Crippen molar-refractivity contribution < 1.29 is 4.74 Å². The summed E-state index contributed by atoms with van der Waals surface area (Å²) >= 11 is 1.58. The lowest BCUT2D eigenvalue weighted by molar-refractivity contribution is 0.153. The Labute approximate surface area is 125 Å². The second-order valence-electron chi connectivity index (χ2n) is 5.30. The standard InChI is InChI=1S/C16H22N2OS/c1-20-16-8-4-7-15(14(16)10-18)19-11-13-6-3-2-5-12(13)9-17/h4,7-8,12-13H,2-3,5-6,9,11,17H2,1H3. The maximum absolute atomic E-state index is 9.30. The zero-order valence-electron chi connectivity index (χ0n) is 12.0. The molecule has 1 saturated carbocycles. The number of nitrogens with two attached hydrogens (primary N) is 1. The van der Waals surface area contributed by atoms with Crippen LogP contribution in [0, 0.1) is 23.2 Å². The van der Waals surface area contributed by atoms with Gasteiger partial charge in [-0.1, -0.05) is 18.9 Å². The van der Waals surface area contributed by atoms with E-state index in [1.54, 1.807) is 11.8 Å². The number of nitriles is 1. The van der Waals surface area contributed by atoms with E-state index in [1.807, 2.05) is 24.5 Å². The smallest absolute Gasteiger partial charge is 0.138 e. The minimum Gasteiger partial charge on any atom is -0.492 e. The molecule has 1 aromatic rings. The maximum atomic E-state index is 9.30. The lowest BCUT2D eigenvalue weighted by Crippen LogP contribution is -2.30. The van der Waals surface area contributed by atoms with Crippen LogP contribution in [0.3, 0.4) is 0 Å². The van der Waals surface area contributed by atoms with Gasteiger partial charge in [0.1, 0.15) is 17.4 Å². The Hall–Kier alpha value is -1.18. The Morgan fingerprint density at radius 3 is 2.75 bits per heavy atom. The molecule has 0 spiro atoms. The summed E-state index contributed by atoms with van der Waals surface area (Å²) in [6, 6.07) is 8.05. The monoisotopic (exact) mass is 290 g/mol. The molecule has 0 aliphatic heterocycles. The fraction of sp³-hybridized carbons (Fsp3) is 0.562. The van der Waals surface area contributed by atoms with Crippen LogP contribution in [0.2, 0.25) is 0 Å². The van der Waals surface area contributed by atoms with Crippen LogP contribution in [0.4, 0.5) is 0 Å². The predicted octanol–water partition coefficient (Wildman–Crippen LogP) is 3.42. The molecule has 3 nitrogen and oxygen atoms in total. The Bertz CT molecular complexity index is 484. The van der Waals surface area contributed by atoms with Crippen LogP contribution < -0.4 is 10.5 Å². The number of rotatable bonds is 5. The quantitative estimate of drug-likeness (QED) is 0.844. The molecule has 0 radical (unpaired) electrons.